The van der Waals surface area contributed by atoms with Gasteiger partial charge in [-0.1, -0.05) is 42.5 Å². The Labute approximate surface area is 181 Å². The molecule has 1 aromatic heterocycles. The molecule has 1 aliphatic rings. The molecule has 0 amide bonds. The molecule has 1 unspecified atom stereocenters. The third kappa shape index (κ3) is 3.37. The minimum atomic E-state index is -0.861. The second kappa shape index (κ2) is 7.93. The summed E-state index contributed by atoms with van der Waals surface area (Å²) in [4.78, 5) is 6.32. The van der Waals surface area contributed by atoms with Crippen LogP contribution in [-0.4, -0.2) is 33.4 Å². The standard InChI is InChI=1S/C26H25N3O2/c1-3-28-22-13-9-8-12-20(22)21-16-18(14-15-23(21)28)17-24-25(30)29(4-2)26(31-24)27-19-10-6-5-7-11-19/h5-17,25,30H,3-4H2,1-2H3/b24-17+,27-26+. The van der Waals surface area contributed by atoms with Gasteiger partial charge in [0.05, 0.1) is 5.69 Å². The molecule has 156 valence electrons. The molecule has 5 nitrogen and oxygen atoms in total. The molecule has 0 saturated carbocycles. The van der Waals surface area contributed by atoms with Crippen LogP contribution < -0.4 is 0 Å². The Kier molecular flexibility index (Phi) is 4.96. The number of aromatic nitrogens is 1. The summed E-state index contributed by atoms with van der Waals surface area (Å²) in [5, 5.41) is 13.3. The third-order valence-electron chi connectivity index (χ3n) is 5.75. The van der Waals surface area contributed by atoms with Crippen LogP contribution in [-0.2, 0) is 11.3 Å². The maximum Gasteiger partial charge on any atom is 0.300 e. The highest BCUT2D eigenvalue weighted by atomic mass is 16.5. The lowest BCUT2D eigenvalue weighted by molar-refractivity contribution is 0.0985. The lowest BCUT2D eigenvalue weighted by Gasteiger charge is -2.16. The average Bonchev–Trinajstić information content (AvgIpc) is 3.28. The first-order valence-corrected chi connectivity index (χ1v) is 10.7. The largest absolute Gasteiger partial charge is 0.425 e. The maximum atomic E-state index is 10.8. The van der Waals surface area contributed by atoms with Crippen molar-refractivity contribution in [3.05, 3.63) is 84.1 Å². The van der Waals surface area contributed by atoms with Crippen molar-refractivity contribution in [1.29, 1.82) is 0 Å². The number of likely N-dealkylation sites (N-methyl/N-ethyl adjacent to an activating group) is 1. The van der Waals surface area contributed by atoms with Crippen LogP contribution in [0.2, 0.25) is 0 Å². The van der Waals surface area contributed by atoms with E-state index < -0.39 is 6.23 Å². The first-order valence-electron chi connectivity index (χ1n) is 10.7. The maximum absolute atomic E-state index is 10.8. The number of aliphatic hydroxyl groups excluding tert-OH is 1. The Morgan fingerprint density at radius 2 is 1.65 bits per heavy atom. The molecule has 1 aliphatic heterocycles. The summed E-state index contributed by atoms with van der Waals surface area (Å²) in [6.45, 7) is 5.64. The van der Waals surface area contributed by atoms with Crippen molar-refractivity contribution < 1.29 is 9.84 Å². The molecule has 2 heterocycles. The van der Waals surface area contributed by atoms with Crippen LogP contribution in [0.5, 0.6) is 0 Å². The number of ether oxygens (including phenoxy) is 1. The summed E-state index contributed by atoms with van der Waals surface area (Å²) in [6, 6.07) is 24.9. The van der Waals surface area contributed by atoms with E-state index in [-0.39, 0.29) is 0 Å². The van der Waals surface area contributed by atoms with Gasteiger partial charge in [0, 0.05) is 34.9 Å². The molecular formula is C26H25N3O2. The highest BCUT2D eigenvalue weighted by Gasteiger charge is 2.33. The van der Waals surface area contributed by atoms with Gasteiger partial charge in [0.15, 0.2) is 12.0 Å². The molecular weight excluding hydrogens is 386 g/mol. The number of benzene rings is 3. The molecule has 1 saturated heterocycles. The normalized spacial score (nSPS) is 19.1. The summed E-state index contributed by atoms with van der Waals surface area (Å²) >= 11 is 0. The smallest absolute Gasteiger partial charge is 0.300 e. The van der Waals surface area contributed by atoms with Crippen LogP contribution in [0, 0.1) is 0 Å². The van der Waals surface area contributed by atoms with Gasteiger partial charge in [-0.15, -0.1) is 0 Å². The van der Waals surface area contributed by atoms with Crippen molar-refractivity contribution in [3.63, 3.8) is 0 Å². The quantitative estimate of drug-likeness (QED) is 0.481. The predicted octanol–water partition coefficient (Wildman–Crippen LogP) is 5.51. The number of fused-ring (bicyclic) bond motifs is 3. The molecule has 3 aromatic carbocycles. The number of rotatable bonds is 4. The number of nitrogens with zero attached hydrogens (tertiary/aromatic N) is 3. The van der Waals surface area contributed by atoms with Gasteiger partial charge in [-0.2, -0.15) is 4.99 Å². The van der Waals surface area contributed by atoms with Crippen LogP contribution in [0.1, 0.15) is 19.4 Å². The van der Waals surface area contributed by atoms with Gasteiger partial charge < -0.3 is 14.4 Å². The molecule has 1 fully saturated rings. The Morgan fingerprint density at radius 1 is 0.903 bits per heavy atom. The van der Waals surface area contributed by atoms with E-state index >= 15 is 0 Å². The Hall–Kier alpha value is -3.57. The molecule has 0 bridgehead atoms. The van der Waals surface area contributed by atoms with Crippen LogP contribution in [0.4, 0.5) is 5.69 Å². The Balaban J connectivity index is 1.55. The second-order valence-electron chi connectivity index (χ2n) is 7.58. The molecule has 1 atom stereocenters. The van der Waals surface area contributed by atoms with E-state index in [1.165, 1.54) is 21.8 Å². The molecule has 0 radical (unpaired) electrons. The van der Waals surface area contributed by atoms with Crippen LogP contribution in [0.15, 0.2) is 83.5 Å². The van der Waals surface area contributed by atoms with Gasteiger partial charge in [-0.3, -0.25) is 4.90 Å². The fourth-order valence-electron chi connectivity index (χ4n) is 4.25. The van der Waals surface area contributed by atoms with Crippen LogP contribution in [0.3, 0.4) is 0 Å². The minimum Gasteiger partial charge on any atom is -0.425 e. The van der Waals surface area contributed by atoms with E-state index in [1.807, 2.05) is 43.3 Å². The molecule has 5 rings (SSSR count). The van der Waals surface area contributed by atoms with E-state index in [1.54, 1.807) is 4.90 Å². The SMILES string of the molecule is CCN1/C(=N\c2ccccc2)O/C(=C/c2ccc3c(c2)c2ccccc2n3CC)C1O. The van der Waals surface area contributed by atoms with Gasteiger partial charge in [-0.25, -0.2) is 0 Å². The van der Waals surface area contributed by atoms with E-state index in [0.717, 1.165) is 17.8 Å². The molecule has 0 aliphatic carbocycles. The van der Waals surface area contributed by atoms with Crippen molar-refractivity contribution in [2.24, 2.45) is 4.99 Å². The van der Waals surface area contributed by atoms with Gasteiger partial charge in [0.1, 0.15) is 0 Å². The fourth-order valence-corrected chi connectivity index (χ4v) is 4.25. The number of hydrogen-bond donors (Lipinski definition) is 1. The van der Waals surface area contributed by atoms with E-state index in [2.05, 4.69) is 58.9 Å². The number of aryl methyl sites for hydroxylation is 1. The number of amidine groups is 1. The Bertz CT molecular complexity index is 1300. The molecule has 4 aromatic rings. The van der Waals surface area contributed by atoms with Crippen LogP contribution in [0.25, 0.3) is 27.9 Å². The summed E-state index contributed by atoms with van der Waals surface area (Å²) in [5.41, 5.74) is 4.22. The number of aliphatic imine (C=N–C) groups is 1. The van der Waals surface area contributed by atoms with Gasteiger partial charge >= 0.3 is 0 Å². The van der Waals surface area contributed by atoms with Gasteiger partial charge in [-0.05, 0) is 55.8 Å². The van der Waals surface area contributed by atoms with Crippen molar-refractivity contribution in [3.8, 4) is 0 Å². The predicted molar refractivity (Wildman–Crippen MR) is 126 cm³/mol. The minimum absolute atomic E-state index is 0.413. The third-order valence-corrected chi connectivity index (χ3v) is 5.75. The first kappa shape index (κ1) is 19.4. The average molecular weight is 412 g/mol. The number of aliphatic hydroxyl groups is 1. The zero-order valence-corrected chi connectivity index (χ0v) is 17.7. The number of hydrogen-bond acceptors (Lipinski definition) is 3. The van der Waals surface area contributed by atoms with Crippen LogP contribution >= 0.6 is 0 Å². The highest BCUT2D eigenvalue weighted by molar-refractivity contribution is 6.08. The fraction of sp³-hybridized carbons (Fsp3) is 0.192. The van der Waals surface area contributed by atoms with Crippen molar-refractivity contribution in [1.82, 2.24) is 9.47 Å². The van der Waals surface area contributed by atoms with Crippen molar-refractivity contribution in [2.75, 3.05) is 6.54 Å². The Morgan fingerprint density at radius 3 is 2.42 bits per heavy atom. The summed E-state index contributed by atoms with van der Waals surface area (Å²) in [7, 11) is 0. The number of para-hydroxylation sites is 2. The van der Waals surface area contributed by atoms with E-state index in [9.17, 15) is 5.11 Å². The zero-order valence-electron chi connectivity index (χ0n) is 17.7. The first-order chi connectivity index (χ1) is 15.2. The molecule has 5 heteroatoms. The second-order valence-corrected chi connectivity index (χ2v) is 7.58. The van der Waals surface area contributed by atoms with Gasteiger partial charge in [0.2, 0.25) is 0 Å². The highest BCUT2D eigenvalue weighted by Crippen LogP contribution is 2.31. The summed E-state index contributed by atoms with van der Waals surface area (Å²) in [5.74, 6) is 0.482. The molecule has 31 heavy (non-hydrogen) atoms. The van der Waals surface area contributed by atoms with E-state index in [4.69, 9.17) is 4.74 Å². The lowest BCUT2D eigenvalue weighted by Crippen LogP contribution is -2.33. The summed E-state index contributed by atoms with van der Waals surface area (Å²) < 4.78 is 8.32. The summed E-state index contributed by atoms with van der Waals surface area (Å²) in [6.07, 6.45) is 1.04. The van der Waals surface area contributed by atoms with Crippen molar-refractivity contribution in [2.45, 2.75) is 26.6 Å². The monoisotopic (exact) mass is 411 g/mol. The van der Waals surface area contributed by atoms with Gasteiger partial charge in [0.25, 0.3) is 6.02 Å². The van der Waals surface area contributed by atoms with Crippen molar-refractivity contribution >= 4 is 39.6 Å². The molecule has 1 N–H and O–H groups in total. The molecule has 0 spiro atoms. The zero-order chi connectivity index (χ0) is 21.4. The van der Waals surface area contributed by atoms with E-state index in [0.29, 0.717) is 18.3 Å². The topological polar surface area (TPSA) is 50.0 Å². The lowest BCUT2D eigenvalue weighted by atomic mass is 10.1.